The Morgan fingerprint density at radius 2 is 2.38 bits per heavy atom. The minimum absolute atomic E-state index is 0.292. The van der Waals surface area contributed by atoms with Crippen molar-refractivity contribution in [2.75, 3.05) is 6.54 Å². The molecule has 1 aromatic heterocycles. The Balaban J connectivity index is 2.24. The number of hydrogen-bond acceptors (Lipinski definition) is 3. The maximum atomic E-state index is 5.79. The molecule has 1 aromatic rings. The second-order valence-corrected chi connectivity index (χ2v) is 4.33. The van der Waals surface area contributed by atoms with Crippen molar-refractivity contribution in [3.63, 3.8) is 0 Å². The van der Waals surface area contributed by atoms with Crippen LogP contribution in [0.1, 0.15) is 23.8 Å². The van der Waals surface area contributed by atoms with Crippen molar-refractivity contribution in [1.29, 1.82) is 0 Å². The molecule has 3 N–H and O–H groups in total. The van der Waals surface area contributed by atoms with Crippen molar-refractivity contribution in [2.45, 2.75) is 32.9 Å². The van der Waals surface area contributed by atoms with Gasteiger partial charge in [0.1, 0.15) is 0 Å². The van der Waals surface area contributed by atoms with Gasteiger partial charge in [0.25, 0.3) is 0 Å². The van der Waals surface area contributed by atoms with Crippen molar-refractivity contribution in [3.8, 4) is 0 Å². The van der Waals surface area contributed by atoms with Crippen LogP contribution < -0.4 is 11.1 Å². The summed E-state index contributed by atoms with van der Waals surface area (Å²) in [5, 5.41) is 5.50. The lowest BCUT2D eigenvalue weighted by molar-refractivity contribution is 0.565. The van der Waals surface area contributed by atoms with E-state index in [9.17, 15) is 0 Å². The van der Waals surface area contributed by atoms with E-state index in [-0.39, 0.29) is 0 Å². The molecule has 3 heteroatoms. The Bertz CT molecular complexity index is 245. The predicted molar refractivity (Wildman–Crippen MR) is 59.0 cm³/mol. The Morgan fingerprint density at radius 3 is 2.92 bits per heavy atom. The minimum Gasteiger partial charge on any atom is -0.327 e. The SMILES string of the molecule is CCC(N)CNCc1sccc1C. The first-order valence-electron chi connectivity index (χ1n) is 4.73. The fourth-order valence-electron chi connectivity index (χ4n) is 1.10. The zero-order valence-corrected chi connectivity index (χ0v) is 9.16. The number of thiophene rings is 1. The third-order valence-corrected chi connectivity index (χ3v) is 3.21. The molecule has 0 aromatic carbocycles. The number of rotatable bonds is 5. The average Bonchev–Trinajstić information content (AvgIpc) is 2.52. The zero-order chi connectivity index (χ0) is 9.68. The van der Waals surface area contributed by atoms with Crippen LogP contribution in [-0.2, 0) is 6.54 Å². The van der Waals surface area contributed by atoms with Gasteiger partial charge in [0.05, 0.1) is 0 Å². The highest BCUT2D eigenvalue weighted by atomic mass is 32.1. The van der Waals surface area contributed by atoms with Crippen molar-refractivity contribution < 1.29 is 0 Å². The molecule has 0 fully saturated rings. The van der Waals surface area contributed by atoms with E-state index in [0.717, 1.165) is 19.5 Å². The lowest BCUT2D eigenvalue weighted by Crippen LogP contribution is -2.32. The van der Waals surface area contributed by atoms with E-state index in [0.29, 0.717) is 6.04 Å². The molecule has 0 aliphatic heterocycles. The van der Waals surface area contributed by atoms with Crippen LogP contribution in [0.3, 0.4) is 0 Å². The van der Waals surface area contributed by atoms with E-state index in [1.165, 1.54) is 10.4 Å². The van der Waals surface area contributed by atoms with E-state index >= 15 is 0 Å². The summed E-state index contributed by atoms with van der Waals surface area (Å²) in [5.74, 6) is 0. The first-order valence-corrected chi connectivity index (χ1v) is 5.61. The molecule has 0 radical (unpaired) electrons. The molecule has 0 amide bonds. The molecule has 74 valence electrons. The number of nitrogens with two attached hydrogens (primary N) is 1. The fourth-order valence-corrected chi connectivity index (χ4v) is 1.98. The van der Waals surface area contributed by atoms with E-state index in [4.69, 9.17) is 5.73 Å². The van der Waals surface area contributed by atoms with Gasteiger partial charge in [-0.15, -0.1) is 11.3 Å². The van der Waals surface area contributed by atoms with Crippen LogP contribution in [0.2, 0.25) is 0 Å². The van der Waals surface area contributed by atoms with Crippen LogP contribution in [0.4, 0.5) is 0 Å². The molecule has 1 atom stereocenters. The maximum Gasteiger partial charge on any atom is 0.0303 e. The second-order valence-electron chi connectivity index (χ2n) is 3.33. The summed E-state index contributed by atoms with van der Waals surface area (Å²) in [6, 6.07) is 2.45. The molecule has 0 saturated heterocycles. The number of hydrogen-bond donors (Lipinski definition) is 2. The highest BCUT2D eigenvalue weighted by Crippen LogP contribution is 2.14. The lowest BCUT2D eigenvalue weighted by Gasteiger charge is -2.09. The topological polar surface area (TPSA) is 38.0 Å². The Hall–Kier alpha value is -0.380. The first kappa shape index (κ1) is 10.7. The summed E-state index contributed by atoms with van der Waals surface area (Å²) in [5.41, 5.74) is 7.17. The normalized spacial score (nSPS) is 13.2. The molecule has 13 heavy (non-hydrogen) atoms. The lowest BCUT2D eigenvalue weighted by atomic mass is 10.2. The van der Waals surface area contributed by atoms with E-state index in [2.05, 4.69) is 30.6 Å². The molecular formula is C10H18N2S. The van der Waals surface area contributed by atoms with Gasteiger partial charge >= 0.3 is 0 Å². The predicted octanol–water partition coefficient (Wildman–Crippen LogP) is 1.88. The Morgan fingerprint density at radius 1 is 1.62 bits per heavy atom. The third kappa shape index (κ3) is 3.46. The Kier molecular flexibility index (Phi) is 4.42. The van der Waals surface area contributed by atoms with E-state index in [1.807, 2.05) is 0 Å². The van der Waals surface area contributed by atoms with Gasteiger partial charge < -0.3 is 11.1 Å². The molecule has 1 heterocycles. The summed E-state index contributed by atoms with van der Waals surface area (Å²) in [6.07, 6.45) is 1.04. The second kappa shape index (κ2) is 5.37. The molecule has 0 aliphatic rings. The molecule has 1 unspecified atom stereocenters. The minimum atomic E-state index is 0.292. The molecule has 0 bridgehead atoms. The summed E-state index contributed by atoms with van der Waals surface area (Å²) in [7, 11) is 0. The van der Waals surface area contributed by atoms with Crippen LogP contribution in [0.15, 0.2) is 11.4 Å². The van der Waals surface area contributed by atoms with Crippen LogP contribution in [0, 0.1) is 6.92 Å². The fraction of sp³-hybridized carbons (Fsp3) is 0.600. The van der Waals surface area contributed by atoms with Crippen molar-refractivity contribution in [1.82, 2.24) is 5.32 Å². The number of nitrogens with one attached hydrogen (secondary N) is 1. The smallest absolute Gasteiger partial charge is 0.0303 e. The summed E-state index contributed by atoms with van der Waals surface area (Å²) < 4.78 is 0. The van der Waals surface area contributed by atoms with Gasteiger partial charge in [0.2, 0.25) is 0 Å². The largest absolute Gasteiger partial charge is 0.327 e. The van der Waals surface area contributed by atoms with Crippen LogP contribution >= 0.6 is 11.3 Å². The highest BCUT2D eigenvalue weighted by Gasteiger charge is 2.01. The van der Waals surface area contributed by atoms with Gasteiger partial charge in [-0.05, 0) is 30.4 Å². The van der Waals surface area contributed by atoms with Crippen LogP contribution in [0.5, 0.6) is 0 Å². The van der Waals surface area contributed by atoms with E-state index < -0.39 is 0 Å². The van der Waals surface area contributed by atoms with Gasteiger partial charge in [-0.3, -0.25) is 0 Å². The first-order chi connectivity index (χ1) is 6.24. The quantitative estimate of drug-likeness (QED) is 0.758. The van der Waals surface area contributed by atoms with Gasteiger partial charge in [-0.1, -0.05) is 6.92 Å². The molecule has 0 aliphatic carbocycles. The van der Waals surface area contributed by atoms with E-state index in [1.54, 1.807) is 11.3 Å². The van der Waals surface area contributed by atoms with Gasteiger partial charge in [-0.25, -0.2) is 0 Å². The van der Waals surface area contributed by atoms with Crippen molar-refractivity contribution >= 4 is 11.3 Å². The summed E-state index contributed by atoms with van der Waals surface area (Å²) >= 11 is 1.81. The zero-order valence-electron chi connectivity index (χ0n) is 8.34. The third-order valence-electron chi connectivity index (χ3n) is 2.18. The average molecular weight is 198 g/mol. The summed E-state index contributed by atoms with van der Waals surface area (Å²) in [6.45, 7) is 6.13. The Labute approximate surface area is 84.2 Å². The molecular weight excluding hydrogens is 180 g/mol. The highest BCUT2D eigenvalue weighted by molar-refractivity contribution is 7.10. The van der Waals surface area contributed by atoms with Crippen molar-refractivity contribution in [3.05, 3.63) is 21.9 Å². The van der Waals surface area contributed by atoms with Crippen molar-refractivity contribution in [2.24, 2.45) is 5.73 Å². The molecule has 2 nitrogen and oxygen atoms in total. The standard InChI is InChI=1S/C10H18N2S/c1-3-9(11)6-12-7-10-8(2)4-5-13-10/h4-5,9,12H,3,6-7,11H2,1-2H3. The molecule has 1 rings (SSSR count). The molecule has 0 saturated carbocycles. The maximum absolute atomic E-state index is 5.79. The number of aryl methyl sites for hydroxylation is 1. The van der Waals surface area contributed by atoms with Crippen LogP contribution in [-0.4, -0.2) is 12.6 Å². The van der Waals surface area contributed by atoms with Gasteiger partial charge in [0.15, 0.2) is 0 Å². The molecule has 0 spiro atoms. The monoisotopic (exact) mass is 198 g/mol. The van der Waals surface area contributed by atoms with Gasteiger partial charge in [0, 0.05) is 24.0 Å². The summed E-state index contributed by atoms with van der Waals surface area (Å²) in [4.78, 5) is 1.42. The van der Waals surface area contributed by atoms with Gasteiger partial charge in [-0.2, -0.15) is 0 Å². The van der Waals surface area contributed by atoms with Crippen LogP contribution in [0.25, 0.3) is 0 Å².